The molecule has 0 amide bonds. The quantitative estimate of drug-likeness (QED) is 0.689. The van der Waals surface area contributed by atoms with Crippen molar-refractivity contribution < 1.29 is 4.39 Å². The highest BCUT2D eigenvalue weighted by Crippen LogP contribution is 2.36. The van der Waals surface area contributed by atoms with E-state index in [0.29, 0.717) is 26.9 Å². The summed E-state index contributed by atoms with van der Waals surface area (Å²) in [5.74, 6) is 0.0150. The summed E-state index contributed by atoms with van der Waals surface area (Å²) >= 11 is 12.1. The van der Waals surface area contributed by atoms with E-state index in [0.717, 1.165) is 18.5 Å². The van der Waals surface area contributed by atoms with E-state index in [1.165, 1.54) is 18.9 Å². The van der Waals surface area contributed by atoms with Crippen LogP contribution in [-0.2, 0) is 0 Å². The van der Waals surface area contributed by atoms with E-state index in [9.17, 15) is 4.39 Å². The molecule has 0 spiro atoms. The van der Waals surface area contributed by atoms with E-state index in [4.69, 9.17) is 23.2 Å². The molecule has 1 heterocycles. The van der Waals surface area contributed by atoms with E-state index in [1.54, 1.807) is 6.07 Å². The van der Waals surface area contributed by atoms with Crippen LogP contribution in [0.25, 0.3) is 10.9 Å². The summed E-state index contributed by atoms with van der Waals surface area (Å²) in [4.78, 5) is 4.44. The van der Waals surface area contributed by atoms with Crippen LogP contribution in [-0.4, -0.2) is 4.98 Å². The van der Waals surface area contributed by atoms with Gasteiger partial charge in [0.2, 0.25) is 0 Å². The van der Waals surface area contributed by atoms with Crippen LogP contribution in [0.4, 0.5) is 4.39 Å². The van der Waals surface area contributed by atoms with Crippen molar-refractivity contribution in [3.63, 3.8) is 0 Å². The molecule has 1 aliphatic carbocycles. The zero-order valence-electron chi connectivity index (χ0n) is 9.72. The highest BCUT2D eigenvalue weighted by Gasteiger charge is 2.20. The summed E-state index contributed by atoms with van der Waals surface area (Å²) in [6.45, 7) is 0. The Morgan fingerprint density at radius 3 is 2.56 bits per heavy atom. The predicted octanol–water partition coefficient (Wildman–Crippen LogP) is 5.34. The largest absolute Gasteiger partial charge is 0.249 e. The topological polar surface area (TPSA) is 12.9 Å². The lowest BCUT2D eigenvalue weighted by atomic mass is 10.0. The van der Waals surface area contributed by atoms with Crippen LogP contribution in [0.3, 0.4) is 0 Å². The van der Waals surface area contributed by atoms with Crippen LogP contribution < -0.4 is 0 Å². The van der Waals surface area contributed by atoms with E-state index in [1.807, 2.05) is 6.07 Å². The Bertz CT molecular complexity index is 606. The summed E-state index contributed by atoms with van der Waals surface area (Å²) in [5, 5.41) is 1.46. The van der Waals surface area contributed by atoms with Crippen molar-refractivity contribution in [3.05, 3.63) is 39.8 Å². The minimum atomic E-state index is -0.403. The highest BCUT2D eigenvalue weighted by molar-refractivity contribution is 6.36. The van der Waals surface area contributed by atoms with Crippen molar-refractivity contribution in [2.75, 3.05) is 0 Å². The van der Waals surface area contributed by atoms with Crippen LogP contribution in [0.2, 0.25) is 10.0 Å². The number of rotatable bonds is 1. The molecule has 1 saturated carbocycles. The molecule has 0 saturated heterocycles. The fourth-order valence-electron chi connectivity index (χ4n) is 2.66. The standard InChI is InChI=1S/C14H12Cl2FN/c15-9-5-10-11(16)7-13(8-3-1-2-4-8)18-14(10)12(17)6-9/h5-8H,1-4H2. The fraction of sp³-hybridized carbons (Fsp3) is 0.357. The van der Waals surface area contributed by atoms with Crippen LogP contribution in [0.1, 0.15) is 37.3 Å². The average molecular weight is 284 g/mol. The second-order valence-corrected chi connectivity index (χ2v) is 5.64. The van der Waals surface area contributed by atoms with Crippen LogP contribution in [0.15, 0.2) is 18.2 Å². The number of pyridine rings is 1. The molecule has 3 rings (SSSR count). The Morgan fingerprint density at radius 2 is 1.83 bits per heavy atom. The van der Waals surface area contributed by atoms with E-state index >= 15 is 0 Å². The maximum atomic E-state index is 13.9. The number of hydrogen-bond acceptors (Lipinski definition) is 1. The summed E-state index contributed by atoms with van der Waals surface area (Å²) in [7, 11) is 0. The zero-order valence-corrected chi connectivity index (χ0v) is 11.2. The number of hydrogen-bond donors (Lipinski definition) is 0. The number of halogens is 3. The molecule has 4 heteroatoms. The molecule has 0 radical (unpaired) electrons. The summed E-state index contributed by atoms with van der Waals surface area (Å²) in [6.07, 6.45) is 4.66. The smallest absolute Gasteiger partial charge is 0.150 e. The summed E-state index contributed by atoms with van der Waals surface area (Å²) in [6, 6.07) is 4.80. The third-order valence-corrected chi connectivity index (χ3v) is 4.11. The Hall–Kier alpha value is -0.860. The first-order valence-electron chi connectivity index (χ1n) is 6.10. The minimum Gasteiger partial charge on any atom is -0.249 e. The summed E-state index contributed by atoms with van der Waals surface area (Å²) in [5.41, 5.74) is 1.24. The lowest BCUT2D eigenvalue weighted by Crippen LogP contribution is -1.98. The van der Waals surface area contributed by atoms with Gasteiger partial charge in [0.25, 0.3) is 0 Å². The number of benzene rings is 1. The van der Waals surface area contributed by atoms with Gasteiger partial charge in [-0.05, 0) is 31.0 Å². The lowest BCUT2D eigenvalue weighted by molar-refractivity contribution is 0.633. The number of fused-ring (bicyclic) bond motifs is 1. The molecule has 1 fully saturated rings. The average Bonchev–Trinajstić information content (AvgIpc) is 2.83. The van der Waals surface area contributed by atoms with Crippen molar-refractivity contribution in [2.45, 2.75) is 31.6 Å². The highest BCUT2D eigenvalue weighted by atomic mass is 35.5. The molecule has 1 nitrogen and oxygen atoms in total. The normalized spacial score (nSPS) is 16.6. The second kappa shape index (κ2) is 4.67. The number of nitrogens with zero attached hydrogens (tertiary/aromatic N) is 1. The van der Waals surface area contributed by atoms with Crippen LogP contribution in [0.5, 0.6) is 0 Å². The molecule has 0 N–H and O–H groups in total. The monoisotopic (exact) mass is 283 g/mol. The van der Waals surface area contributed by atoms with Crippen molar-refractivity contribution in [3.8, 4) is 0 Å². The third-order valence-electron chi connectivity index (χ3n) is 3.57. The molecule has 1 aliphatic rings. The van der Waals surface area contributed by atoms with Crippen molar-refractivity contribution >= 4 is 34.1 Å². The summed E-state index contributed by atoms with van der Waals surface area (Å²) < 4.78 is 13.9. The molecule has 1 aromatic heterocycles. The molecule has 0 bridgehead atoms. The Kier molecular flexibility index (Phi) is 3.16. The lowest BCUT2D eigenvalue weighted by Gasteiger charge is -2.11. The van der Waals surface area contributed by atoms with Gasteiger partial charge >= 0.3 is 0 Å². The maximum Gasteiger partial charge on any atom is 0.150 e. The van der Waals surface area contributed by atoms with E-state index in [-0.39, 0.29) is 0 Å². The van der Waals surface area contributed by atoms with Crippen molar-refractivity contribution in [1.29, 1.82) is 0 Å². The van der Waals surface area contributed by atoms with Gasteiger partial charge in [-0.2, -0.15) is 0 Å². The molecule has 0 aliphatic heterocycles. The maximum absolute atomic E-state index is 13.9. The van der Waals surface area contributed by atoms with Gasteiger partial charge < -0.3 is 0 Å². The van der Waals surface area contributed by atoms with E-state index in [2.05, 4.69) is 4.98 Å². The van der Waals surface area contributed by atoms with Gasteiger partial charge in [0.1, 0.15) is 5.52 Å². The molecule has 0 unspecified atom stereocenters. The fourth-order valence-corrected chi connectivity index (χ4v) is 3.12. The van der Waals surface area contributed by atoms with Crippen molar-refractivity contribution in [1.82, 2.24) is 4.98 Å². The molecule has 18 heavy (non-hydrogen) atoms. The molecule has 94 valence electrons. The van der Waals surface area contributed by atoms with Gasteiger partial charge in [0.15, 0.2) is 5.82 Å². The Balaban J connectivity index is 2.20. The van der Waals surface area contributed by atoms with Gasteiger partial charge in [-0.25, -0.2) is 9.37 Å². The van der Waals surface area contributed by atoms with Crippen LogP contribution >= 0.6 is 23.2 Å². The number of aromatic nitrogens is 1. The first-order chi connectivity index (χ1) is 8.65. The zero-order chi connectivity index (χ0) is 12.7. The Morgan fingerprint density at radius 1 is 1.11 bits per heavy atom. The minimum absolute atomic E-state index is 0.328. The predicted molar refractivity (Wildman–Crippen MR) is 72.9 cm³/mol. The molecule has 2 aromatic rings. The first-order valence-corrected chi connectivity index (χ1v) is 6.86. The van der Waals surface area contributed by atoms with Gasteiger partial charge in [0, 0.05) is 22.0 Å². The van der Waals surface area contributed by atoms with E-state index < -0.39 is 5.82 Å². The van der Waals surface area contributed by atoms with Gasteiger partial charge in [0.05, 0.1) is 5.02 Å². The molecule has 1 aromatic carbocycles. The SMILES string of the molecule is Fc1cc(Cl)cc2c(Cl)cc(C3CCCC3)nc12. The van der Waals surface area contributed by atoms with Gasteiger partial charge in [-0.15, -0.1) is 0 Å². The molecular formula is C14H12Cl2FN. The molecule has 0 atom stereocenters. The Labute approximate surface area is 115 Å². The van der Waals surface area contributed by atoms with Gasteiger partial charge in [-0.1, -0.05) is 36.0 Å². The first kappa shape index (κ1) is 12.2. The second-order valence-electron chi connectivity index (χ2n) is 4.79. The van der Waals surface area contributed by atoms with Crippen LogP contribution in [0, 0.1) is 5.82 Å². The third kappa shape index (κ3) is 2.08. The van der Waals surface area contributed by atoms with Crippen molar-refractivity contribution in [2.24, 2.45) is 0 Å². The van der Waals surface area contributed by atoms with Gasteiger partial charge in [-0.3, -0.25) is 0 Å². The molecular weight excluding hydrogens is 272 g/mol.